The van der Waals surface area contributed by atoms with Crippen molar-refractivity contribution in [1.29, 1.82) is 0 Å². The van der Waals surface area contributed by atoms with Crippen molar-refractivity contribution >= 4 is 26.5 Å². The molecule has 6 nitrogen and oxygen atoms in total. The summed E-state index contributed by atoms with van der Waals surface area (Å²) in [5.41, 5.74) is 5.39. The zero-order chi connectivity index (χ0) is 12.3. The number of nitrogens with two attached hydrogens (primary N) is 1. The van der Waals surface area contributed by atoms with Crippen LogP contribution in [-0.4, -0.2) is 24.7 Å². The second-order valence-corrected chi connectivity index (χ2v) is 7.11. The highest BCUT2D eigenvalue weighted by Gasteiger charge is 2.24. The number of nitrogens with one attached hydrogen (secondary N) is 1. The Morgan fingerprint density at radius 2 is 1.82 bits per heavy atom. The molecule has 0 unspecified atom stereocenters. The van der Waals surface area contributed by atoms with Crippen molar-refractivity contribution in [3.05, 3.63) is 0 Å². The van der Waals surface area contributed by atoms with Crippen molar-refractivity contribution in [1.82, 2.24) is 14.9 Å². The number of hydrogen-bond donors (Lipinski definition) is 2. The van der Waals surface area contributed by atoms with Gasteiger partial charge in [-0.2, -0.15) is 0 Å². The Balaban J connectivity index is 2.06. The molecule has 0 saturated heterocycles. The van der Waals surface area contributed by atoms with Gasteiger partial charge >= 0.3 is 0 Å². The van der Waals surface area contributed by atoms with Gasteiger partial charge in [-0.1, -0.05) is 37.0 Å². The first kappa shape index (κ1) is 12.7. The summed E-state index contributed by atoms with van der Waals surface area (Å²) in [4.78, 5) is 0. The molecule has 96 valence electrons. The molecular formula is C9H16N4O2S2. The third-order valence-electron chi connectivity index (χ3n) is 2.83. The Labute approximate surface area is 105 Å². The van der Waals surface area contributed by atoms with Crippen LogP contribution in [0, 0.1) is 0 Å². The van der Waals surface area contributed by atoms with Gasteiger partial charge in [0.15, 0.2) is 0 Å². The van der Waals surface area contributed by atoms with E-state index in [1.165, 1.54) is 12.8 Å². The van der Waals surface area contributed by atoms with Crippen molar-refractivity contribution < 1.29 is 8.42 Å². The highest BCUT2D eigenvalue weighted by atomic mass is 32.2. The lowest BCUT2D eigenvalue weighted by Gasteiger charge is -2.14. The Morgan fingerprint density at radius 1 is 1.18 bits per heavy atom. The van der Waals surface area contributed by atoms with E-state index in [0.29, 0.717) is 0 Å². The predicted molar refractivity (Wildman–Crippen MR) is 66.1 cm³/mol. The normalized spacial score (nSPS) is 19.1. The van der Waals surface area contributed by atoms with Crippen LogP contribution in [0.25, 0.3) is 0 Å². The Bertz CT molecular complexity index is 463. The van der Waals surface area contributed by atoms with Crippen molar-refractivity contribution in [2.24, 2.45) is 0 Å². The summed E-state index contributed by atoms with van der Waals surface area (Å²) in [6, 6.07) is 0.0209. The first-order chi connectivity index (χ1) is 8.08. The molecule has 0 radical (unpaired) electrons. The molecule has 8 heteroatoms. The smallest absolute Gasteiger partial charge is 0.270 e. The molecule has 3 N–H and O–H groups in total. The van der Waals surface area contributed by atoms with Crippen LogP contribution >= 0.6 is 11.3 Å². The molecule has 17 heavy (non-hydrogen) atoms. The molecule has 0 aliphatic heterocycles. The van der Waals surface area contributed by atoms with Gasteiger partial charge in [-0.3, -0.25) is 0 Å². The molecule has 0 atom stereocenters. The van der Waals surface area contributed by atoms with Crippen LogP contribution in [0.3, 0.4) is 0 Å². The average molecular weight is 276 g/mol. The molecule has 1 fully saturated rings. The standard InChI is InChI=1S/C9H16N4O2S2/c10-8-11-12-9(16-8)17(14,15)13-7-5-3-1-2-4-6-7/h7,13H,1-6H2,(H2,10,11). The number of sulfonamides is 1. The summed E-state index contributed by atoms with van der Waals surface area (Å²) in [7, 11) is -3.54. The van der Waals surface area contributed by atoms with E-state index >= 15 is 0 Å². The molecule has 1 heterocycles. The van der Waals surface area contributed by atoms with Crippen molar-refractivity contribution in [3.63, 3.8) is 0 Å². The van der Waals surface area contributed by atoms with E-state index in [4.69, 9.17) is 5.73 Å². The molecule has 1 aromatic heterocycles. The number of nitrogen functional groups attached to an aromatic ring is 1. The van der Waals surface area contributed by atoms with E-state index < -0.39 is 10.0 Å². The highest BCUT2D eigenvalue weighted by molar-refractivity contribution is 7.91. The number of rotatable bonds is 3. The van der Waals surface area contributed by atoms with Gasteiger partial charge in [-0.25, -0.2) is 13.1 Å². The first-order valence-electron chi connectivity index (χ1n) is 5.69. The van der Waals surface area contributed by atoms with Crippen LogP contribution in [-0.2, 0) is 10.0 Å². The predicted octanol–water partition coefficient (Wildman–Crippen LogP) is 1.12. The van der Waals surface area contributed by atoms with Crippen molar-refractivity contribution in [3.8, 4) is 0 Å². The van der Waals surface area contributed by atoms with E-state index in [2.05, 4.69) is 14.9 Å². The van der Waals surface area contributed by atoms with Crippen LogP contribution in [0.2, 0.25) is 0 Å². The fourth-order valence-corrected chi connectivity index (χ4v) is 4.10. The zero-order valence-electron chi connectivity index (χ0n) is 9.42. The third kappa shape index (κ3) is 3.36. The first-order valence-corrected chi connectivity index (χ1v) is 7.99. The quantitative estimate of drug-likeness (QED) is 0.806. The van der Waals surface area contributed by atoms with Crippen LogP contribution < -0.4 is 10.5 Å². The lowest BCUT2D eigenvalue weighted by atomic mass is 10.1. The Kier molecular flexibility index (Phi) is 3.95. The lowest BCUT2D eigenvalue weighted by Crippen LogP contribution is -2.34. The van der Waals surface area contributed by atoms with Gasteiger partial charge in [-0.05, 0) is 12.8 Å². The fraction of sp³-hybridized carbons (Fsp3) is 0.778. The van der Waals surface area contributed by atoms with E-state index in [9.17, 15) is 8.42 Å². The summed E-state index contributed by atoms with van der Waals surface area (Å²) in [6.07, 6.45) is 6.31. The molecule has 0 aromatic carbocycles. The highest BCUT2D eigenvalue weighted by Crippen LogP contribution is 2.21. The minimum atomic E-state index is -3.54. The summed E-state index contributed by atoms with van der Waals surface area (Å²) in [5.74, 6) is 0. The molecule has 1 aromatic rings. The second-order valence-electron chi connectivity index (χ2n) is 4.22. The van der Waals surface area contributed by atoms with Gasteiger partial charge in [0.1, 0.15) is 0 Å². The maximum Gasteiger partial charge on any atom is 0.270 e. The number of aromatic nitrogens is 2. The topological polar surface area (TPSA) is 98.0 Å². The van der Waals surface area contributed by atoms with Crippen LogP contribution in [0.1, 0.15) is 38.5 Å². The Morgan fingerprint density at radius 3 is 2.35 bits per heavy atom. The number of anilines is 1. The van der Waals surface area contributed by atoms with E-state index in [-0.39, 0.29) is 15.5 Å². The van der Waals surface area contributed by atoms with E-state index in [0.717, 1.165) is 37.0 Å². The summed E-state index contributed by atoms with van der Waals surface area (Å²) < 4.78 is 26.6. The van der Waals surface area contributed by atoms with Crippen molar-refractivity contribution in [2.75, 3.05) is 5.73 Å². The monoisotopic (exact) mass is 276 g/mol. The lowest BCUT2D eigenvalue weighted by molar-refractivity contribution is 0.509. The molecular weight excluding hydrogens is 260 g/mol. The van der Waals surface area contributed by atoms with Crippen molar-refractivity contribution in [2.45, 2.75) is 48.9 Å². The zero-order valence-corrected chi connectivity index (χ0v) is 11.1. The maximum atomic E-state index is 12.0. The SMILES string of the molecule is Nc1nnc(S(=O)(=O)NC2CCCCCC2)s1. The molecule has 0 amide bonds. The molecule has 1 aliphatic carbocycles. The molecule has 1 saturated carbocycles. The molecule has 2 rings (SSSR count). The minimum absolute atomic E-state index is 0.0209. The van der Waals surface area contributed by atoms with Crippen LogP contribution in [0.5, 0.6) is 0 Å². The number of hydrogen-bond acceptors (Lipinski definition) is 6. The molecule has 0 bridgehead atoms. The summed E-state index contributed by atoms with van der Waals surface area (Å²) in [5, 5.41) is 7.26. The average Bonchev–Trinajstić information content (AvgIpc) is 2.55. The van der Waals surface area contributed by atoms with Gasteiger partial charge in [0.25, 0.3) is 10.0 Å². The van der Waals surface area contributed by atoms with Crippen LogP contribution in [0.4, 0.5) is 5.13 Å². The van der Waals surface area contributed by atoms with Crippen LogP contribution in [0.15, 0.2) is 4.34 Å². The molecule has 1 aliphatic rings. The van der Waals surface area contributed by atoms with E-state index in [1.54, 1.807) is 0 Å². The maximum absolute atomic E-state index is 12.0. The fourth-order valence-electron chi connectivity index (χ4n) is 2.00. The second kappa shape index (κ2) is 5.28. The largest absolute Gasteiger partial charge is 0.374 e. The van der Waals surface area contributed by atoms with Gasteiger partial charge < -0.3 is 5.73 Å². The third-order valence-corrected chi connectivity index (χ3v) is 5.47. The van der Waals surface area contributed by atoms with Gasteiger partial charge in [0, 0.05) is 6.04 Å². The Hall–Kier alpha value is -0.730. The minimum Gasteiger partial charge on any atom is -0.374 e. The number of nitrogens with zero attached hydrogens (tertiary/aromatic N) is 2. The van der Waals surface area contributed by atoms with Gasteiger partial charge in [0.2, 0.25) is 9.47 Å². The van der Waals surface area contributed by atoms with Gasteiger partial charge in [-0.15, -0.1) is 10.2 Å². The summed E-state index contributed by atoms with van der Waals surface area (Å²) >= 11 is 0.894. The van der Waals surface area contributed by atoms with E-state index in [1.807, 2.05) is 0 Å². The van der Waals surface area contributed by atoms with Gasteiger partial charge in [0.05, 0.1) is 0 Å². The molecule has 0 spiro atoms. The summed E-state index contributed by atoms with van der Waals surface area (Å²) in [6.45, 7) is 0.